The van der Waals surface area contributed by atoms with E-state index in [2.05, 4.69) is 11.9 Å². The summed E-state index contributed by atoms with van der Waals surface area (Å²) in [6.07, 6.45) is 4.33. The summed E-state index contributed by atoms with van der Waals surface area (Å²) in [7, 11) is 0. The van der Waals surface area contributed by atoms with Crippen LogP contribution in [0, 0.1) is 5.92 Å². The van der Waals surface area contributed by atoms with E-state index in [1.165, 1.54) is 0 Å². The maximum absolute atomic E-state index is 5.97. The zero-order valence-electron chi connectivity index (χ0n) is 7.80. The van der Waals surface area contributed by atoms with E-state index >= 15 is 0 Å². The topological polar surface area (TPSA) is 12.9 Å². The van der Waals surface area contributed by atoms with E-state index in [-0.39, 0.29) is 5.38 Å². The number of aromatic nitrogens is 1. The van der Waals surface area contributed by atoms with Crippen molar-refractivity contribution >= 4 is 23.2 Å². The van der Waals surface area contributed by atoms with Gasteiger partial charge in [-0.05, 0) is 30.9 Å². The Morgan fingerprint density at radius 1 is 1.46 bits per heavy atom. The van der Waals surface area contributed by atoms with Crippen LogP contribution in [0.25, 0.3) is 0 Å². The number of hydrogen-bond donors (Lipinski definition) is 0. The van der Waals surface area contributed by atoms with E-state index < -0.39 is 0 Å². The van der Waals surface area contributed by atoms with Crippen LogP contribution in [0.4, 0.5) is 0 Å². The molecule has 0 saturated carbocycles. The molecule has 1 heterocycles. The van der Waals surface area contributed by atoms with Crippen molar-refractivity contribution in [1.29, 1.82) is 0 Å². The number of alkyl halides is 1. The molecule has 2 unspecified atom stereocenters. The van der Waals surface area contributed by atoms with Gasteiger partial charge in [0.25, 0.3) is 0 Å². The van der Waals surface area contributed by atoms with Gasteiger partial charge in [0.15, 0.2) is 0 Å². The third-order valence-corrected chi connectivity index (χ3v) is 2.95. The maximum atomic E-state index is 5.97. The summed E-state index contributed by atoms with van der Waals surface area (Å²) >= 11 is 11.9. The summed E-state index contributed by atoms with van der Waals surface area (Å²) in [5, 5.41) is 0.899. The minimum atomic E-state index is 0.171. The Hall–Kier alpha value is -0.270. The van der Waals surface area contributed by atoms with Crippen molar-refractivity contribution in [3.63, 3.8) is 0 Å². The second-order valence-electron chi connectivity index (χ2n) is 3.33. The molecule has 0 fully saturated rings. The van der Waals surface area contributed by atoms with Crippen molar-refractivity contribution in [2.45, 2.75) is 25.6 Å². The Labute approximate surface area is 89.1 Å². The normalized spacial score (nSPS) is 15.4. The third-order valence-electron chi connectivity index (χ3n) is 2.18. The number of halogens is 2. The molecule has 0 spiro atoms. The standard InChI is InChI=1S/C10H13Cl2N/c1-7(8(2)11)5-9-3-4-13-6-10(9)12/h3-4,6-8H,5H2,1-2H3. The molecule has 0 saturated heterocycles. The molecule has 0 amide bonds. The first-order chi connectivity index (χ1) is 6.11. The lowest BCUT2D eigenvalue weighted by atomic mass is 9.99. The molecule has 0 aliphatic carbocycles. The zero-order valence-corrected chi connectivity index (χ0v) is 9.31. The molecule has 2 atom stereocenters. The fourth-order valence-corrected chi connectivity index (χ4v) is 1.36. The SMILES string of the molecule is CC(Cl)C(C)Cc1ccncc1Cl. The average molecular weight is 218 g/mol. The van der Waals surface area contributed by atoms with Gasteiger partial charge in [0.05, 0.1) is 5.02 Å². The number of rotatable bonds is 3. The van der Waals surface area contributed by atoms with Crippen molar-refractivity contribution in [2.75, 3.05) is 0 Å². The second-order valence-corrected chi connectivity index (χ2v) is 4.42. The Bertz CT molecular complexity index is 273. The minimum absolute atomic E-state index is 0.171. The van der Waals surface area contributed by atoms with Crippen molar-refractivity contribution in [3.8, 4) is 0 Å². The van der Waals surface area contributed by atoms with E-state index in [0.717, 1.165) is 17.0 Å². The highest BCUT2D eigenvalue weighted by Gasteiger charge is 2.11. The summed E-state index contributed by atoms with van der Waals surface area (Å²) in [4.78, 5) is 3.93. The fourth-order valence-electron chi connectivity index (χ4n) is 1.08. The first-order valence-corrected chi connectivity index (χ1v) is 5.15. The number of nitrogens with zero attached hydrogens (tertiary/aromatic N) is 1. The molecule has 72 valence electrons. The van der Waals surface area contributed by atoms with Gasteiger partial charge in [-0.3, -0.25) is 4.98 Å². The fraction of sp³-hybridized carbons (Fsp3) is 0.500. The van der Waals surface area contributed by atoms with Crippen molar-refractivity contribution in [1.82, 2.24) is 4.98 Å². The quantitative estimate of drug-likeness (QED) is 0.707. The van der Waals surface area contributed by atoms with E-state index in [4.69, 9.17) is 23.2 Å². The zero-order chi connectivity index (χ0) is 9.84. The van der Waals surface area contributed by atoms with Crippen LogP contribution in [0.3, 0.4) is 0 Å². The van der Waals surface area contributed by atoms with E-state index in [1.54, 1.807) is 12.4 Å². The molecular formula is C10H13Cl2N. The third kappa shape index (κ3) is 3.17. The molecule has 1 aromatic rings. The minimum Gasteiger partial charge on any atom is -0.263 e. The van der Waals surface area contributed by atoms with Gasteiger partial charge in [0.2, 0.25) is 0 Å². The maximum Gasteiger partial charge on any atom is 0.0621 e. The van der Waals surface area contributed by atoms with Crippen LogP contribution in [-0.4, -0.2) is 10.4 Å². The van der Waals surface area contributed by atoms with Gasteiger partial charge in [0, 0.05) is 17.8 Å². The molecule has 0 bridgehead atoms. The van der Waals surface area contributed by atoms with Gasteiger partial charge >= 0.3 is 0 Å². The van der Waals surface area contributed by atoms with Crippen molar-refractivity contribution in [2.24, 2.45) is 5.92 Å². The molecule has 0 aliphatic heterocycles. The van der Waals surface area contributed by atoms with Crippen LogP contribution >= 0.6 is 23.2 Å². The monoisotopic (exact) mass is 217 g/mol. The van der Waals surface area contributed by atoms with E-state index in [1.807, 2.05) is 13.0 Å². The molecule has 1 nitrogen and oxygen atoms in total. The summed E-state index contributed by atoms with van der Waals surface area (Å²) in [6.45, 7) is 4.12. The molecule has 0 aromatic carbocycles. The second kappa shape index (κ2) is 4.83. The highest BCUT2D eigenvalue weighted by molar-refractivity contribution is 6.31. The molecular weight excluding hydrogens is 205 g/mol. The van der Waals surface area contributed by atoms with Crippen molar-refractivity contribution < 1.29 is 0 Å². The first kappa shape index (κ1) is 10.8. The molecule has 1 aromatic heterocycles. The highest BCUT2D eigenvalue weighted by Crippen LogP contribution is 2.21. The van der Waals surface area contributed by atoms with Gasteiger partial charge in [0.1, 0.15) is 0 Å². The Kier molecular flexibility index (Phi) is 4.01. The Morgan fingerprint density at radius 3 is 2.69 bits per heavy atom. The van der Waals surface area contributed by atoms with E-state index in [9.17, 15) is 0 Å². The smallest absolute Gasteiger partial charge is 0.0621 e. The predicted molar refractivity (Wildman–Crippen MR) is 57.4 cm³/mol. The lowest BCUT2D eigenvalue weighted by Gasteiger charge is -2.13. The van der Waals surface area contributed by atoms with Crippen LogP contribution in [0.15, 0.2) is 18.5 Å². The molecule has 3 heteroatoms. The van der Waals surface area contributed by atoms with E-state index in [0.29, 0.717) is 5.92 Å². The van der Waals surface area contributed by atoms with Gasteiger partial charge in [-0.15, -0.1) is 11.6 Å². The van der Waals surface area contributed by atoms with Crippen LogP contribution in [0.1, 0.15) is 19.4 Å². The predicted octanol–water partition coefficient (Wildman–Crippen LogP) is 3.54. The lowest BCUT2D eigenvalue weighted by molar-refractivity contribution is 0.568. The molecule has 0 aliphatic rings. The summed E-state index contributed by atoms with van der Waals surface area (Å²) in [5.74, 6) is 0.432. The molecule has 0 N–H and O–H groups in total. The largest absolute Gasteiger partial charge is 0.263 e. The molecule has 0 radical (unpaired) electrons. The van der Waals surface area contributed by atoms with Gasteiger partial charge in [-0.2, -0.15) is 0 Å². The summed E-state index contributed by atoms with van der Waals surface area (Å²) < 4.78 is 0. The number of pyridine rings is 1. The van der Waals surface area contributed by atoms with Crippen LogP contribution in [0.2, 0.25) is 5.02 Å². The average Bonchev–Trinajstić information content (AvgIpc) is 2.08. The number of hydrogen-bond acceptors (Lipinski definition) is 1. The van der Waals surface area contributed by atoms with Crippen LogP contribution in [-0.2, 0) is 6.42 Å². The van der Waals surface area contributed by atoms with Gasteiger partial charge in [-0.25, -0.2) is 0 Å². The van der Waals surface area contributed by atoms with Gasteiger partial charge < -0.3 is 0 Å². The summed E-state index contributed by atoms with van der Waals surface area (Å²) in [6, 6.07) is 1.94. The Balaban J connectivity index is 2.69. The summed E-state index contributed by atoms with van der Waals surface area (Å²) in [5.41, 5.74) is 1.12. The Morgan fingerprint density at radius 2 is 2.15 bits per heavy atom. The van der Waals surface area contributed by atoms with Crippen molar-refractivity contribution in [3.05, 3.63) is 29.0 Å². The van der Waals surface area contributed by atoms with Gasteiger partial charge in [-0.1, -0.05) is 18.5 Å². The van der Waals surface area contributed by atoms with Crippen LogP contribution < -0.4 is 0 Å². The first-order valence-electron chi connectivity index (χ1n) is 4.33. The molecule has 13 heavy (non-hydrogen) atoms. The molecule has 1 rings (SSSR count). The lowest BCUT2D eigenvalue weighted by Crippen LogP contribution is -2.10. The van der Waals surface area contributed by atoms with Crippen LogP contribution in [0.5, 0.6) is 0 Å². The highest BCUT2D eigenvalue weighted by atomic mass is 35.5.